The second-order valence-corrected chi connectivity index (χ2v) is 5.44. The lowest BCUT2D eigenvalue weighted by Gasteiger charge is -2.21. The summed E-state index contributed by atoms with van der Waals surface area (Å²) >= 11 is 0. The van der Waals surface area contributed by atoms with Crippen LogP contribution in [-0.4, -0.2) is 23.9 Å². The number of fused-ring (bicyclic) bond motifs is 1. The van der Waals surface area contributed by atoms with Crippen molar-refractivity contribution in [2.45, 2.75) is 44.6 Å². The van der Waals surface area contributed by atoms with Crippen LogP contribution < -0.4 is 10.5 Å². The zero-order valence-corrected chi connectivity index (χ0v) is 11.1. The fourth-order valence-corrected chi connectivity index (χ4v) is 2.29. The molecule has 1 unspecified atom stereocenters. The summed E-state index contributed by atoms with van der Waals surface area (Å²) in [5.41, 5.74) is 7.53. The molecule has 0 amide bonds. The molecule has 1 aliphatic carbocycles. The van der Waals surface area contributed by atoms with Crippen LogP contribution in [0.1, 0.15) is 37.3 Å². The first kappa shape index (κ1) is 13.4. The number of aliphatic hydroxyl groups is 1. The van der Waals surface area contributed by atoms with Gasteiger partial charge in [0.2, 0.25) is 0 Å². The molecule has 0 spiro atoms. The normalized spacial score (nSPS) is 17.9. The van der Waals surface area contributed by atoms with Gasteiger partial charge >= 0.3 is 0 Å². The van der Waals surface area contributed by atoms with Crippen molar-refractivity contribution in [1.29, 1.82) is 0 Å². The molecule has 0 heterocycles. The Labute approximate surface area is 109 Å². The average Bonchev–Trinajstić information content (AvgIpc) is 2.38. The van der Waals surface area contributed by atoms with Gasteiger partial charge in [-0.25, -0.2) is 0 Å². The Bertz CT molecular complexity index is 401. The van der Waals surface area contributed by atoms with Gasteiger partial charge in [-0.15, -0.1) is 0 Å². The molecule has 1 aromatic carbocycles. The number of ether oxygens (including phenoxy) is 1. The van der Waals surface area contributed by atoms with Gasteiger partial charge in [-0.1, -0.05) is 6.07 Å². The Morgan fingerprint density at radius 2 is 2.00 bits per heavy atom. The number of rotatable bonds is 5. The lowest BCUT2D eigenvalue weighted by Crippen LogP contribution is -2.35. The van der Waals surface area contributed by atoms with Crippen LogP contribution in [0.3, 0.4) is 0 Å². The molecule has 0 saturated heterocycles. The minimum Gasteiger partial charge on any atom is -0.493 e. The molecule has 0 aromatic heterocycles. The first-order chi connectivity index (χ1) is 8.61. The molecule has 2 rings (SSSR count). The number of benzene rings is 1. The van der Waals surface area contributed by atoms with Crippen LogP contribution in [0.25, 0.3) is 0 Å². The second-order valence-electron chi connectivity index (χ2n) is 5.44. The zero-order valence-electron chi connectivity index (χ0n) is 11.1. The lowest BCUT2D eigenvalue weighted by molar-refractivity contribution is 0.0453. The van der Waals surface area contributed by atoms with Gasteiger partial charge in [0.1, 0.15) is 5.75 Å². The van der Waals surface area contributed by atoms with E-state index in [1.54, 1.807) is 6.92 Å². The molecule has 1 aliphatic rings. The summed E-state index contributed by atoms with van der Waals surface area (Å²) in [4.78, 5) is 0. The average molecular weight is 249 g/mol. The van der Waals surface area contributed by atoms with Crippen LogP contribution in [-0.2, 0) is 12.8 Å². The third-order valence-electron chi connectivity index (χ3n) is 3.67. The Morgan fingerprint density at radius 1 is 1.28 bits per heavy atom. The summed E-state index contributed by atoms with van der Waals surface area (Å²) < 4.78 is 5.69. The van der Waals surface area contributed by atoms with Crippen LogP contribution in [0, 0.1) is 0 Å². The molecular weight excluding hydrogens is 226 g/mol. The van der Waals surface area contributed by atoms with Crippen molar-refractivity contribution >= 4 is 0 Å². The zero-order chi connectivity index (χ0) is 13.0. The highest BCUT2D eigenvalue weighted by Crippen LogP contribution is 2.25. The molecule has 0 fully saturated rings. The van der Waals surface area contributed by atoms with E-state index in [2.05, 4.69) is 12.1 Å². The maximum Gasteiger partial charge on any atom is 0.119 e. The van der Waals surface area contributed by atoms with E-state index in [4.69, 9.17) is 10.5 Å². The third kappa shape index (κ3) is 3.47. The highest BCUT2D eigenvalue weighted by molar-refractivity contribution is 5.37. The molecule has 1 atom stereocenters. The quantitative estimate of drug-likeness (QED) is 0.839. The number of hydrogen-bond donors (Lipinski definition) is 2. The number of nitrogens with two attached hydrogens (primary N) is 1. The fourth-order valence-electron chi connectivity index (χ4n) is 2.29. The Balaban J connectivity index is 1.90. The van der Waals surface area contributed by atoms with Gasteiger partial charge < -0.3 is 15.6 Å². The Hall–Kier alpha value is -1.06. The van der Waals surface area contributed by atoms with Gasteiger partial charge in [-0.3, -0.25) is 0 Å². The molecule has 0 radical (unpaired) electrons. The van der Waals surface area contributed by atoms with E-state index in [-0.39, 0.29) is 6.54 Å². The van der Waals surface area contributed by atoms with Crippen molar-refractivity contribution in [1.82, 2.24) is 0 Å². The molecule has 1 aromatic rings. The van der Waals surface area contributed by atoms with Crippen molar-refractivity contribution in [2.75, 3.05) is 13.2 Å². The summed E-state index contributed by atoms with van der Waals surface area (Å²) in [6.45, 7) is 2.51. The summed E-state index contributed by atoms with van der Waals surface area (Å²) in [7, 11) is 0. The van der Waals surface area contributed by atoms with Crippen LogP contribution in [0.2, 0.25) is 0 Å². The van der Waals surface area contributed by atoms with Crippen molar-refractivity contribution < 1.29 is 9.84 Å². The van der Waals surface area contributed by atoms with Crippen molar-refractivity contribution in [3.8, 4) is 5.75 Å². The first-order valence-corrected chi connectivity index (χ1v) is 6.78. The van der Waals surface area contributed by atoms with Gasteiger partial charge in [0.15, 0.2) is 0 Å². The smallest absolute Gasteiger partial charge is 0.119 e. The number of hydrogen-bond acceptors (Lipinski definition) is 3. The monoisotopic (exact) mass is 249 g/mol. The highest BCUT2D eigenvalue weighted by Gasteiger charge is 2.17. The van der Waals surface area contributed by atoms with E-state index >= 15 is 0 Å². The van der Waals surface area contributed by atoms with Gasteiger partial charge in [0.05, 0.1) is 12.2 Å². The Kier molecular flexibility index (Phi) is 4.25. The van der Waals surface area contributed by atoms with E-state index in [1.807, 2.05) is 6.07 Å². The van der Waals surface area contributed by atoms with Crippen LogP contribution in [0.5, 0.6) is 5.75 Å². The minimum atomic E-state index is -0.825. The molecule has 3 heteroatoms. The summed E-state index contributed by atoms with van der Waals surface area (Å²) in [5, 5.41) is 9.79. The van der Waals surface area contributed by atoms with Gasteiger partial charge in [-0.05, 0) is 55.9 Å². The molecular formula is C15H23NO2. The van der Waals surface area contributed by atoms with Gasteiger partial charge in [-0.2, -0.15) is 0 Å². The standard InChI is InChI=1S/C15H23NO2/c1-15(17,11-16)8-9-18-14-7-6-12-4-2-3-5-13(12)10-14/h6-7,10,17H,2-5,8-9,11,16H2,1H3. The summed E-state index contributed by atoms with van der Waals surface area (Å²) in [6, 6.07) is 6.35. The number of aryl methyl sites for hydroxylation is 2. The first-order valence-electron chi connectivity index (χ1n) is 6.78. The molecule has 0 aliphatic heterocycles. The second kappa shape index (κ2) is 5.72. The third-order valence-corrected chi connectivity index (χ3v) is 3.67. The summed E-state index contributed by atoms with van der Waals surface area (Å²) in [5.74, 6) is 0.906. The topological polar surface area (TPSA) is 55.5 Å². The van der Waals surface area contributed by atoms with E-state index in [1.165, 1.54) is 30.4 Å². The van der Waals surface area contributed by atoms with E-state index in [9.17, 15) is 5.11 Å². The maximum absolute atomic E-state index is 9.79. The summed E-state index contributed by atoms with van der Waals surface area (Å²) in [6.07, 6.45) is 5.48. The molecule has 100 valence electrons. The van der Waals surface area contributed by atoms with Gasteiger partial charge in [0.25, 0.3) is 0 Å². The van der Waals surface area contributed by atoms with Crippen LogP contribution in [0.15, 0.2) is 18.2 Å². The van der Waals surface area contributed by atoms with Gasteiger partial charge in [0, 0.05) is 13.0 Å². The highest BCUT2D eigenvalue weighted by atomic mass is 16.5. The van der Waals surface area contributed by atoms with Crippen molar-refractivity contribution in [3.63, 3.8) is 0 Å². The largest absolute Gasteiger partial charge is 0.493 e. The maximum atomic E-state index is 9.79. The van der Waals surface area contributed by atoms with Crippen LogP contribution in [0.4, 0.5) is 0 Å². The van der Waals surface area contributed by atoms with Crippen molar-refractivity contribution in [2.24, 2.45) is 5.73 Å². The van der Waals surface area contributed by atoms with E-state index in [0.717, 1.165) is 12.2 Å². The predicted molar refractivity (Wildman–Crippen MR) is 72.9 cm³/mol. The fraction of sp³-hybridized carbons (Fsp3) is 0.600. The molecule has 0 bridgehead atoms. The van der Waals surface area contributed by atoms with Crippen LogP contribution >= 0.6 is 0 Å². The lowest BCUT2D eigenvalue weighted by atomic mass is 9.92. The molecule has 18 heavy (non-hydrogen) atoms. The van der Waals surface area contributed by atoms with E-state index < -0.39 is 5.60 Å². The molecule has 0 saturated carbocycles. The molecule has 3 N–H and O–H groups in total. The minimum absolute atomic E-state index is 0.264. The molecule has 3 nitrogen and oxygen atoms in total. The predicted octanol–water partition coefficient (Wildman–Crippen LogP) is 2.04. The van der Waals surface area contributed by atoms with E-state index in [0.29, 0.717) is 13.0 Å². The van der Waals surface area contributed by atoms with Crippen molar-refractivity contribution in [3.05, 3.63) is 29.3 Å². The SMILES string of the molecule is CC(O)(CN)CCOc1ccc2c(c1)CCCC2. The Morgan fingerprint density at radius 3 is 2.72 bits per heavy atom.